The first-order valence-electron chi connectivity index (χ1n) is 7.89. The number of nitrogens with zero attached hydrogens (tertiary/aromatic N) is 3. The standard InChI is InChI=1S/C17H22N4O2/c1-20-10-9-16(19-20)18-17(23)21(15(12-22)14-7-8-14)11-13-5-3-2-4-6-13/h2-6,9-10,14-15,22H,7-8,11-12H2,1H3,(H,18,19,23). The number of aliphatic hydroxyl groups is 1. The smallest absolute Gasteiger partial charge is 0.323 e. The minimum atomic E-state index is -0.224. The molecule has 0 aliphatic heterocycles. The van der Waals surface area contributed by atoms with Crippen molar-refractivity contribution in [1.82, 2.24) is 14.7 Å². The van der Waals surface area contributed by atoms with Crippen LogP contribution in [0.2, 0.25) is 0 Å². The lowest BCUT2D eigenvalue weighted by Crippen LogP contribution is -2.45. The molecule has 1 atom stereocenters. The van der Waals surface area contributed by atoms with Gasteiger partial charge in [0, 0.05) is 25.9 Å². The maximum absolute atomic E-state index is 12.7. The van der Waals surface area contributed by atoms with Crippen LogP contribution in [-0.2, 0) is 13.6 Å². The molecule has 1 aromatic heterocycles. The third kappa shape index (κ3) is 3.90. The number of amides is 2. The molecule has 1 unspecified atom stereocenters. The topological polar surface area (TPSA) is 70.4 Å². The SMILES string of the molecule is Cn1ccc(NC(=O)N(Cc2ccccc2)C(CO)C2CC2)n1. The Morgan fingerprint density at radius 1 is 1.39 bits per heavy atom. The molecule has 0 radical (unpaired) electrons. The van der Waals surface area contributed by atoms with Crippen molar-refractivity contribution in [3.63, 3.8) is 0 Å². The van der Waals surface area contributed by atoms with Gasteiger partial charge in [0.1, 0.15) is 0 Å². The predicted octanol–water partition coefficient (Wildman–Crippen LogP) is 2.23. The number of aromatic nitrogens is 2. The van der Waals surface area contributed by atoms with Crippen LogP contribution in [0.25, 0.3) is 0 Å². The van der Waals surface area contributed by atoms with Crippen LogP contribution in [0.5, 0.6) is 0 Å². The van der Waals surface area contributed by atoms with E-state index in [1.807, 2.05) is 30.3 Å². The Morgan fingerprint density at radius 3 is 2.70 bits per heavy atom. The first kappa shape index (κ1) is 15.6. The summed E-state index contributed by atoms with van der Waals surface area (Å²) in [5.41, 5.74) is 1.04. The zero-order valence-corrected chi connectivity index (χ0v) is 13.2. The van der Waals surface area contributed by atoms with Crippen molar-refractivity contribution in [2.24, 2.45) is 13.0 Å². The number of benzene rings is 1. The van der Waals surface area contributed by atoms with Gasteiger partial charge >= 0.3 is 6.03 Å². The first-order chi connectivity index (χ1) is 11.2. The lowest BCUT2D eigenvalue weighted by atomic mass is 10.1. The molecule has 1 aromatic carbocycles. The van der Waals surface area contributed by atoms with Gasteiger partial charge in [0.05, 0.1) is 12.6 Å². The average molecular weight is 314 g/mol. The number of aryl methyl sites for hydroxylation is 1. The van der Waals surface area contributed by atoms with Gasteiger partial charge in [-0.3, -0.25) is 10.00 Å². The van der Waals surface area contributed by atoms with E-state index in [0.717, 1.165) is 18.4 Å². The number of carbonyl (C=O) groups excluding carboxylic acids is 1. The van der Waals surface area contributed by atoms with E-state index in [-0.39, 0.29) is 18.7 Å². The second kappa shape index (κ2) is 6.83. The molecule has 122 valence electrons. The van der Waals surface area contributed by atoms with Gasteiger partial charge in [-0.05, 0) is 24.3 Å². The van der Waals surface area contributed by atoms with E-state index in [1.54, 1.807) is 28.9 Å². The van der Waals surface area contributed by atoms with Gasteiger partial charge in [-0.15, -0.1) is 0 Å². The summed E-state index contributed by atoms with van der Waals surface area (Å²) in [7, 11) is 1.80. The summed E-state index contributed by atoms with van der Waals surface area (Å²) in [6.45, 7) is 0.453. The van der Waals surface area contributed by atoms with Crippen LogP contribution in [0.1, 0.15) is 18.4 Å². The summed E-state index contributed by atoms with van der Waals surface area (Å²) in [5.74, 6) is 0.904. The molecule has 3 rings (SSSR count). The van der Waals surface area contributed by atoms with E-state index >= 15 is 0 Å². The van der Waals surface area contributed by atoms with Crippen LogP contribution in [-0.4, -0.2) is 38.5 Å². The minimum Gasteiger partial charge on any atom is -0.394 e. The molecule has 0 bridgehead atoms. The minimum absolute atomic E-state index is 0.0207. The van der Waals surface area contributed by atoms with Crippen LogP contribution in [0.4, 0.5) is 10.6 Å². The van der Waals surface area contributed by atoms with Crippen LogP contribution >= 0.6 is 0 Å². The summed E-state index contributed by atoms with van der Waals surface area (Å²) >= 11 is 0. The molecule has 2 amide bonds. The Labute approximate surface area is 135 Å². The lowest BCUT2D eigenvalue weighted by molar-refractivity contribution is 0.124. The Balaban J connectivity index is 1.77. The van der Waals surface area contributed by atoms with E-state index < -0.39 is 0 Å². The van der Waals surface area contributed by atoms with E-state index in [0.29, 0.717) is 18.3 Å². The normalized spacial score (nSPS) is 15.2. The molecular formula is C17H22N4O2. The highest BCUT2D eigenvalue weighted by atomic mass is 16.3. The number of hydrogen-bond acceptors (Lipinski definition) is 3. The van der Waals surface area contributed by atoms with Gasteiger partial charge in [0.2, 0.25) is 0 Å². The van der Waals surface area contributed by atoms with Gasteiger partial charge in [-0.25, -0.2) is 4.79 Å². The number of aliphatic hydroxyl groups excluding tert-OH is 1. The molecule has 1 fully saturated rings. The van der Waals surface area contributed by atoms with Gasteiger partial charge in [-0.2, -0.15) is 5.10 Å². The molecule has 2 N–H and O–H groups in total. The van der Waals surface area contributed by atoms with Gasteiger partial charge in [0.15, 0.2) is 5.82 Å². The van der Waals surface area contributed by atoms with Gasteiger partial charge in [-0.1, -0.05) is 30.3 Å². The van der Waals surface area contributed by atoms with Crippen molar-refractivity contribution in [1.29, 1.82) is 0 Å². The van der Waals surface area contributed by atoms with Crippen molar-refractivity contribution < 1.29 is 9.90 Å². The summed E-state index contributed by atoms with van der Waals surface area (Å²) in [4.78, 5) is 14.4. The maximum Gasteiger partial charge on any atom is 0.323 e. The molecule has 1 heterocycles. The molecule has 6 nitrogen and oxygen atoms in total. The molecule has 1 saturated carbocycles. The summed E-state index contributed by atoms with van der Waals surface area (Å²) in [6.07, 6.45) is 3.91. The van der Waals surface area contributed by atoms with Crippen LogP contribution in [0.15, 0.2) is 42.6 Å². The summed E-state index contributed by atoms with van der Waals surface area (Å²) in [5, 5.41) is 16.8. The average Bonchev–Trinajstić information content (AvgIpc) is 3.31. The number of carbonyl (C=O) groups is 1. The highest BCUT2D eigenvalue weighted by Gasteiger charge is 2.37. The molecule has 1 aliphatic carbocycles. The van der Waals surface area contributed by atoms with E-state index in [1.165, 1.54) is 0 Å². The Bertz CT molecular complexity index is 652. The summed E-state index contributed by atoms with van der Waals surface area (Å²) < 4.78 is 1.64. The zero-order chi connectivity index (χ0) is 16.2. The lowest BCUT2D eigenvalue weighted by Gasteiger charge is -2.30. The van der Waals surface area contributed by atoms with Crippen molar-refractivity contribution in [2.45, 2.75) is 25.4 Å². The third-order valence-corrected chi connectivity index (χ3v) is 4.16. The van der Waals surface area contributed by atoms with Crippen molar-refractivity contribution in [2.75, 3.05) is 11.9 Å². The number of nitrogens with one attached hydrogen (secondary N) is 1. The number of anilines is 1. The van der Waals surface area contributed by atoms with Crippen LogP contribution in [0.3, 0.4) is 0 Å². The molecular weight excluding hydrogens is 292 g/mol. The highest BCUT2D eigenvalue weighted by Crippen LogP contribution is 2.36. The second-order valence-corrected chi connectivity index (χ2v) is 6.01. The van der Waals surface area contributed by atoms with Gasteiger partial charge < -0.3 is 10.0 Å². The Kier molecular flexibility index (Phi) is 4.62. The van der Waals surface area contributed by atoms with Crippen molar-refractivity contribution in [3.05, 3.63) is 48.2 Å². The molecule has 0 saturated heterocycles. The second-order valence-electron chi connectivity index (χ2n) is 6.01. The first-order valence-corrected chi connectivity index (χ1v) is 7.89. The molecule has 23 heavy (non-hydrogen) atoms. The van der Waals surface area contributed by atoms with Gasteiger partial charge in [0.25, 0.3) is 0 Å². The van der Waals surface area contributed by atoms with E-state index in [4.69, 9.17) is 0 Å². The number of hydrogen-bond donors (Lipinski definition) is 2. The molecule has 2 aromatic rings. The number of urea groups is 1. The fraction of sp³-hybridized carbons (Fsp3) is 0.412. The predicted molar refractivity (Wildman–Crippen MR) is 87.8 cm³/mol. The summed E-state index contributed by atoms with van der Waals surface area (Å²) in [6, 6.07) is 11.2. The largest absolute Gasteiger partial charge is 0.394 e. The van der Waals surface area contributed by atoms with E-state index in [9.17, 15) is 9.90 Å². The highest BCUT2D eigenvalue weighted by molar-refractivity contribution is 5.88. The van der Waals surface area contributed by atoms with E-state index in [2.05, 4.69) is 10.4 Å². The fourth-order valence-corrected chi connectivity index (χ4v) is 2.77. The Morgan fingerprint density at radius 2 is 2.13 bits per heavy atom. The third-order valence-electron chi connectivity index (χ3n) is 4.16. The van der Waals surface area contributed by atoms with Crippen molar-refractivity contribution >= 4 is 11.8 Å². The molecule has 0 spiro atoms. The molecule has 6 heteroatoms. The Hall–Kier alpha value is -2.34. The molecule has 1 aliphatic rings. The monoisotopic (exact) mass is 314 g/mol. The fourth-order valence-electron chi connectivity index (χ4n) is 2.77. The van der Waals surface area contributed by atoms with Crippen LogP contribution < -0.4 is 5.32 Å². The van der Waals surface area contributed by atoms with Crippen molar-refractivity contribution in [3.8, 4) is 0 Å². The zero-order valence-electron chi connectivity index (χ0n) is 13.2. The maximum atomic E-state index is 12.7. The number of rotatable bonds is 6. The quantitative estimate of drug-likeness (QED) is 0.859. The van der Waals surface area contributed by atoms with Crippen LogP contribution in [0, 0.1) is 5.92 Å².